The topological polar surface area (TPSA) is 116 Å². The quantitative estimate of drug-likeness (QED) is 0.297. The van der Waals surface area contributed by atoms with E-state index in [2.05, 4.69) is 36.3 Å². The number of fused-ring (bicyclic) bond motifs is 1. The van der Waals surface area contributed by atoms with Gasteiger partial charge in [-0.05, 0) is 50.6 Å². The van der Waals surface area contributed by atoms with Crippen molar-refractivity contribution in [2.75, 3.05) is 5.32 Å². The number of benzene rings is 2. The van der Waals surface area contributed by atoms with Crippen LogP contribution in [0.4, 0.5) is 5.69 Å². The molecule has 8 nitrogen and oxygen atoms in total. The number of aromatic amines is 1. The van der Waals surface area contributed by atoms with Crippen LogP contribution < -0.4 is 10.9 Å². The maximum Gasteiger partial charge on any atom is 0.266 e. The highest BCUT2D eigenvalue weighted by Gasteiger charge is 2.24. The number of hydrogen-bond donors (Lipinski definition) is 2. The Bertz CT molecular complexity index is 1540. The molecule has 0 saturated heterocycles. The third-order valence-corrected chi connectivity index (χ3v) is 5.79. The summed E-state index contributed by atoms with van der Waals surface area (Å²) in [5.41, 5.74) is 2.01. The monoisotopic (exact) mass is 516 g/mol. The number of nitrogens with zero attached hydrogens (tertiary/aromatic N) is 4. The molecule has 0 aliphatic rings. The van der Waals surface area contributed by atoms with Gasteiger partial charge in [0.15, 0.2) is 5.65 Å². The van der Waals surface area contributed by atoms with Crippen LogP contribution in [-0.2, 0) is 10.3 Å². The molecule has 9 heteroatoms. The highest BCUT2D eigenvalue weighted by atomic mass is 79.9. The van der Waals surface area contributed by atoms with Crippen molar-refractivity contribution in [1.82, 2.24) is 19.7 Å². The first-order valence-corrected chi connectivity index (χ1v) is 11.2. The van der Waals surface area contributed by atoms with Gasteiger partial charge in [-0.15, -0.1) is 0 Å². The molecule has 4 aromatic rings. The standard InChI is InChI=1S/C25H21BrN6O2/c1-25(2,3)32-22-20(24(34)29-14-28-22)21(31-32)16-8-6-9-18(12-16)30-23(33)17(13-27)11-15-7-4-5-10-19(15)26/h4-12,14H,1-3H3,(H,30,33)(H,28,29,34)/b17-11+. The summed E-state index contributed by atoms with van der Waals surface area (Å²) in [5, 5.41) is 17.3. The van der Waals surface area contributed by atoms with E-state index in [1.165, 1.54) is 12.4 Å². The number of carbonyl (C=O) groups excluding carboxylic acids is 1. The van der Waals surface area contributed by atoms with Gasteiger partial charge >= 0.3 is 0 Å². The zero-order valence-corrected chi connectivity index (χ0v) is 20.3. The minimum absolute atomic E-state index is 0.0413. The molecule has 0 fully saturated rings. The second kappa shape index (κ2) is 9.08. The van der Waals surface area contributed by atoms with E-state index >= 15 is 0 Å². The third kappa shape index (κ3) is 4.54. The molecule has 0 unspecified atom stereocenters. The summed E-state index contributed by atoms with van der Waals surface area (Å²) in [6, 6.07) is 16.2. The normalized spacial score (nSPS) is 11.9. The number of hydrogen-bond acceptors (Lipinski definition) is 5. The molecule has 34 heavy (non-hydrogen) atoms. The maximum absolute atomic E-state index is 12.8. The molecule has 0 saturated carbocycles. The summed E-state index contributed by atoms with van der Waals surface area (Å²) in [6.45, 7) is 5.93. The van der Waals surface area contributed by atoms with Crippen LogP contribution in [0.1, 0.15) is 26.3 Å². The van der Waals surface area contributed by atoms with Gasteiger partial charge in [0.05, 0.1) is 11.9 Å². The second-order valence-corrected chi connectivity index (χ2v) is 9.44. The Kier molecular flexibility index (Phi) is 6.18. The molecule has 0 spiro atoms. The molecule has 0 radical (unpaired) electrons. The molecule has 2 heterocycles. The van der Waals surface area contributed by atoms with Gasteiger partial charge in [-0.25, -0.2) is 9.67 Å². The highest BCUT2D eigenvalue weighted by molar-refractivity contribution is 9.10. The van der Waals surface area contributed by atoms with Crippen molar-refractivity contribution < 1.29 is 4.79 Å². The van der Waals surface area contributed by atoms with Gasteiger partial charge in [-0.3, -0.25) is 9.59 Å². The Morgan fingerprint density at radius 1 is 1.21 bits per heavy atom. The van der Waals surface area contributed by atoms with Crippen LogP contribution >= 0.6 is 15.9 Å². The molecule has 2 aromatic carbocycles. The number of amides is 1. The van der Waals surface area contributed by atoms with Crippen LogP contribution in [0, 0.1) is 11.3 Å². The van der Waals surface area contributed by atoms with Crippen LogP contribution in [0.5, 0.6) is 0 Å². The Balaban J connectivity index is 1.72. The van der Waals surface area contributed by atoms with Crippen molar-refractivity contribution in [3.05, 3.63) is 80.8 Å². The highest BCUT2D eigenvalue weighted by Crippen LogP contribution is 2.29. The number of H-pyrrole nitrogens is 1. The van der Waals surface area contributed by atoms with E-state index in [9.17, 15) is 14.9 Å². The number of carbonyl (C=O) groups is 1. The van der Waals surface area contributed by atoms with Gasteiger partial charge in [0.2, 0.25) is 0 Å². The summed E-state index contributed by atoms with van der Waals surface area (Å²) in [5.74, 6) is -0.542. The van der Waals surface area contributed by atoms with Crippen molar-refractivity contribution in [2.24, 2.45) is 0 Å². The van der Waals surface area contributed by atoms with E-state index in [1.54, 1.807) is 35.0 Å². The number of nitriles is 1. The predicted octanol–water partition coefficient (Wildman–Crippen LogP) is 4.85. The lowest BCUT2D eigenvalue weighted by atomic mass is 10.1. The van der Waals surface area contributed by atoms with Gasteiger partial charge in [-0.1, -0.05) is 46.3 Å². The summed E-state index contributed by atoms with van der Waals surface area (Å²) in [7, 11) is 0. The summed E-state index contributed by atoms with van der Waals surface area (Å²) >= 11 is 3.42. The number of anilines is 1. The fraction of sp³-hybridized carbons (Fsp3) is 0.160. The van der Waals surface area contributed by atoms with E-state index in [0.29, 0.717) is 33.5 Å². The van der Waals surface area contributed by atoms with Crippen LogP contribution in [-0.4, -0.2) is 25.7 Å². The SMILES string of the molecule is CC(C)(C)n1nc(-c2cccc(NC(=O)/C(C#N)=C/c3ccccc3Br)c2)c2c(=O)[nH]cnc21. The van der Waals surface area contributed by atoms with Gasteiger partial charge in [0, 0.05) is 15.7 Å². The third-order valence-electron chi connectivity index (χ3n) is 5.07. The lowest BCUT2D eigenvalue weighted by Gasteiger charge is -2.19. The molecule has 0 atom stereocenters. The maximum atomic E-state index is 12.8. The molecule has 0 aliphatic carbocycles. The average molecular weight is 517 g/mol. The van der Waals surface area contributed by atoms with Crippen molar-refractivity contribution >= 4 is 44.6 Å². The lowest BCUT2D eigenvalue weighted by Crippen LogP contribution is -2.23. The van der Waals surface area contributed by atoms with Crippen LogP contribution in [0.3, 0.4) is 0 Å². The number of nitrogens with one attached hydrogen (secondary N) is 2. The second-order valence-electron chi connectivity index (χ2n) is 8.59. The fourth-order valence-corrected chi connectivity index (χ4v) is 3.87. The molecule has 2 N–H and O–H groups in total. The Morgan fingerprint density at radius 3 is 2.68 bits per heavy atom. The lowest BCUT2D eigenvalue weighted by molar-refractivity contribution is -0.112. The number of aromatic nitrogens is 4. The fourth-order valence-electron chi connectivity index (χ4n) is 3.47. The van der Waals surface area contributed by atoms with Gasteiger partial charge in [-0.2, -0.15) is 10.4 Å². The minimum atomic E-state index is -0.542. The van der Waals surface area contributed by atoms with E-state index in [4.69, 9.17) is 0 Å². The Hall–Kier alpha value is -4.03. The molecular weight excluding hydrogens is 496 g/mol. The molecule has 4 rings (SSSR count). The predicted molar refractivity (Wildman–Crippen MR) is 135 cm³/mol. The zero-order chi connectivity index (χ0) is 24.5. The molecule has 170 valence electrons. The van der Waals surface area contributed by atoms with Crippen LogP contribution in [0.15, 0.2) is 69.7 Å². The minimum Gasteiger partial charge on any atom is -0.321 e. The smallest absolute Gasteiger partial charge is 0.266 e. The molecule has 0 bridgehead atoms. The molecule has 2 aromatic heterocycles. The number of rotatable bonds is 4. The van der Waals surface area contributed by atoms with Gasteiger partial charge in [0.25, 0.3) is 11.5 Å². The largest absolute Gasteiger partial charge is 0.321 e. The molecular formula is C25H21BrN6O2. The average Bonchev–Trinajstić information content (AvgIpc) is 3.20. The van der Waals surface area contributed by atoms with Crippen molar-refractivity contribution in [2.45, 2.75) is 26.3 Å². The molecule has 1 amide bonds. The van der Waals surface area contributed by atoms with E-state index in [-0.39, 0.29) is 11.1 Å². The molecule has 0 aliphatic heterocycles. The summed E-state index contributed by atoms with van der Waals surface area (Å²) < 4.78 is 2.49. The van der Waals surface area contributed by atoms with Gasteiger partial charge in [0.1, 0.15) is 22.7 Å². The van der Waals surface area contributed by atoms with Crippen molar-refractivity contribution in [3.8, 4) is 17.3 Å². The van der Waals surface area contributed by atoms with Crippen molar-refractivity contribution in [3.63, 3.8) is 0 Å². The first kappa shape index (κ1) is 23.1. The van der Waals surface area contributed by atoms with Crippen LogP contribution in [0.2, 0.25) is 0 Å². The summed E-state index contributed by atoms with van der Waals surface area (Å²) in [4.78, 5) is 32.4. The van der Waals surface area contributed by atoms with E-state index in [0.717, 1.165) is 4.47 Å². The van der Waals surface area contributed by atoms with Gasteiger partial charge < -0.3 is 10.3 Å². The van der Waals surface area contributed by atoms with E-state index in [1.807, 2.05) is 45.0 Å². The Morgan fingerprint density at radius 2 is 1.97 bits per heavy atom. The first-order valence-electron chi connectivity index (χ1n) is 10.4. The zero-order valence-electron chi connectivity index (χ0n) is 18.8. The van der Waals surface area contributed by atoms with E-state index < -0.39 is 11.4 Å². The summed E-state index contributed by atoms with van der Waals surface area (Å²) in [6.07, 6.45) is 2.88. The first-order chi connectivity index (χ1) is 16.2. The van der Waals surface area contributed by atoms with Crippen molar-refractivity contribution in [1.29, 1.82) is 5.26 Å². The number of halogens is 1. The van der Waals surface area contributed by atoms with Crippen LogP contribution in [0.25, 0.3) is 28.4 Å². The Labute approximate surface area is 204 Å².